The van der Waals surface area contributed by atoms with E-state index in [0.29, 0.717) is 12.0 Å². The molecule has 1 unspecified atom stereocenters. The van der Waals surface area contributed by atoms with Gasteiger partial charge in [0.1, 0.15) is 5.54 Å². The molecule has 2 aliphatic rings. The number of rotatable bonds is 2. The molecule has 1 atom stereocenters. The molecule has 1 aromatic rings. The average molecular weight is 285 g/mol. The maximum absolute atomic E-state index is 12.3. The molecule has 1 aromatic carbocycles. The molecule has 4 nitrogen and oxygen atoms in total. The molecule has 2 N–H and O–H groups in total. The van der Waals surface area contributed by atoms with Crippen LogP contribution in [-0.4, -0.2) is 17.9 Å². The van der Waals surface area contributed by atoms with Crippen LogP contribution >= 0.6 is 0 Å². The summed E-state index contributed by atoms with van der Waals surface area (Å²) < 4.78 is 0. The largest absolute Gasteiger partial charge is 0.338 e. The van der Waals surface area contributed by atoms with Gasteiger partial charge in [0.25, 0.3) is 5.91 Å². The molecule has 0 radical (unpaired) electrons. The Kier molecular flexibility index (Phi) is 3.08. The highest BCUT2D eigenvalue weighted by Crippen LogP contribution is 2.29. The molecule has 1 aliphatic carbocycles. The number of carbonyl (C=O) groups excluding carboxylic acids is 1. The number of guanidine groups is 1. The molecule has 1 saturated carbocycles. The Morgan fingerprint density at radius 2 is 1.81 bits per heavy atom. The second-order valence-electron chi connectivity index (χ2n) is 7.24. The molecule has 0 bridgehead atoms. The number of benzene rings is 1. The highest BCUT2D eigenvalue weighted by Gasteiger charge is 2.43. The monoisotopic (exact) mass is 285 g/mol. The van der Waals surface area contributed by atoms with E-state index in [1.807, 2.05) is 19.1 Å². The van der Waals surface area contributed by atoms with Gasteiger partial charge in [-0.2, -0.15) is 0 Å². The number of nitrogens with one attached hydrogen (secondary N) is 2. The topological polar surface area (TPSA) is 53.5 Å². The Morgan fingerprint density at radius 1 is 1.19 bits per heavy atom. The third-order valence-electron chi connectivity index (χ3n) is 4.24. The summed E-state index contributed by atoms with van der Waals surface area (Å²) >= 11 is 0. The van der Waals surface area contributed by atoms with Crippen LogP contribution in [0.5, 0.6) is 0 Å². The summed E-state index contributed by atoms with van der Waals surface area (Å²) in [5.41, 5.74) is 1.61. The Bertz CT molecular complexity index is 593. The molecular formula is C17H23N3O. The van der Waals surface area contributed by atoms with Crippen molar-refractivity contribution in [3.05, 3.63) is 35.4 Å². The van der Waals surface area contributed by atoms with E-state index in [0.717, 1.165) is 18.4 Å². The Morgan fingerprint density at radius 3 is 2.33 bits per heavy atom. The number of carbonyl (C=O) groups is 1. The van der Waals surface area contributed by atoms with Crippen LogP contribution in [0.1, 0.15) is 51.7 Å². The zero-order valence-electron chi connectivity index (χ0n) is 13.2. The second-order valence-corrected chi connectivity index (χ2v) is 7.24. The number of nitrogens with zero attached hydrogens (tertiary/aromatic N) is 1. The van der Waals surface area contributed by atoms with E-state index in [4.69, 9.17) is 0 Å². The van der Waals surface area contributed by atoms with Gasteiger partial charge in [0, 0.05) is 0 Å². The minimum atomic E-state index is -0.732. The summed E-state index contributed by atoms with van der Waals surface area (Å²) in [6.07, 6.45) is 2.25. The van der Waals surface area contributed by atoms with E-state index in [1.54, 1.807) is 0 Å². The van der Waals surface area contributed by atoms with E-state index in [9.17, 15) is 4.79 Å². The maximum atomic E-state index is 12.3. The van der Waals surface area contributed by atoms with Gasteiger partial charge in [0.05, 0.1) is 6.04 Å². The summed E-state index contributed by atoms with van der Waals surface area (Å²) in [7, 11) is 0. The fourth-order valence-electron chi connectivity index (χ4n) is 2.51. The third kappa shape index (κ3) is 2.67. The van der Waals surface area contributed by atoms with Crippen molar-refractivity contribution in [1.29, 1.82) is 0 Å². The van der Waals surface area contributed by atoms with Gasteiger partial charge in [-0.3, -0.25) is 10.1 Å². The Labute approximate surface area is 126 Å². The van der Waals surface area contributed by atoms with Gasteiger partial charge in [-0.15, -0.1) is 0 Å². The first-order chi connectivity index (χ1) is 9.79. The van der Waals surface area contributed by atoms with Crippen molar-refractivity contribution in [2.75, 3.05) is 0 Å². The minimum absolute atomic E-state index is 0.0367. The van der Waals surface area contributed by atoms with Crippen LogP contribution in [0, 0.1) is 0 Å². The number of hydrogen-bond acceptors (Lipinski definition) is 2. The molecule has 1 amide bonds. The Hall–Kier alpha value is -1.84. The summed E-state index contributed by atoms with van der Waals surface area (Å²) in [5, 5.41) is 6.11. The fraction of sp³-hybridized carbons (Fsp3) is 0.529. The first-order valence-electron chi connectivity index (χ1n) is 7.57. The van der Waals surface area contributed by atoms with Gasteiger partial charge in [0.2, 0.25) is 0 Å². The summed E-state index contributed by atoms with van der Waals surface area (Å²) in [4.78, 5) is 16.8. The van der Waals surface area contributed by atoms with Crippen LogP contribution in [0.15, 0.2) is 29.3 Å². The fourth-order valence-corrected chi connectivity index (χ4v) is 2.51. The minimum Gasteiger partial charge on any atom is -0.338 e. The van der Waals surface area contributed by atoms with Crippen LogP contribution in [-0.2, 0) is 15.7 Å². The van der Waals surface area contributed by atoms with Crippen molar-refractivity contribution >= 4 is 11.9 Å². The molecule has 3 rings (SSSR count). The van der Waals surface area contributed by atoms with Gasteiger partial charge >= 0.3 is 0 Å². The molecule has 1 heterocycles. The molecule has 0 spiro atoms. The van der Waals surface area contributed by atoms with Crippen LogP contribution in [0.2, 0.25) is 0 Å². The predicted molar refractivity (Wildman–Crippen MR) is 84.2 cm³/mol. The average Bonchev–Trinajstić information content (AvgIpc) is 3.16. The van der Waals surface area contributed by atoms with E-state index in [2.05, 4.69) is 48.5 Å². The van der Waals surface area contributed by atoms with Crippen LogP contribution in [0.25, 0.3) is 0 Å². The summed E-state index contributed by atoms with van der Waals surface area (Å²) in [6, 6.07) is 8.66. The molecule has 0 aromatic heterocycles. The van der Waals surface area contributed by atoms with E-state index in [-0.39, 0.29) is 11.3 Å². The Balaban J connectivity index is 1.86. The molecule has 1 saturated heterocycles. The first kappa shape index (κ1) is 14.1. The predicted octanol–water partition coefficient (Wildman–Crippen LogP) is 2.44. The quantitative estimate of drug-likeness (QED) is 0.877. The lowest BCUT2D eigenvalue weighted by atomic mass is 9.84. The normalized spacial score (nSPS) is 27.6. The molecule has 1 aliphatic heterocycles. The zero-order valence-corrected chi connectivity index (χ0v) is 13.2. The van der Waals surface area contributed by atoms with Crippen molar-refractivity contribution in [2.45, 2.75) is 57.5 Å². The smallest absolute Gasteiger partial charge is 0.256 e. The van der Waals surface area contributed by atoms with Crippen molar-refractivity contribution in [2.24, 2.45) is 4.99 Å². The molecule has 4 heteroatoms. The summed E-state index contributed by atoms with van der Waals surface area (Å²) in [6.45, 7) is 8.46. The lowest BCUT2D eigenvalue weighted by Crippen LogP contribution is -2.40. The molecule has 21 heavy (non-hydrogen) atoms. The lowest BCUT2D eigenvalue weighted by Gasteiger charge is -2.24. The molecule has 112 valence electrons. The highest BCUT2D eigenvalue weighted by molar-refractivity contribution is 6.09. The standard InChI is InChI=1S/C17H23N3O/c1-16(2,3)11-5-7-12(8-6-11)17(4)14(21)19-15(20-17)18-13-9-10-13/h5-8,13H,9-10H2,1-4H3,(H2,18,19,20,21). The van der Waals surface area contributed by atoms with Crippen LogP contribution < -0.4 is 10.6 Å². The van der Waals surface area contributed by atoms with Crippen molar-refractivity contribution in [1.82, 2.24) is 10.6 Å². The third-order valence-corrected chi connectivity index (χ3v) is 4.24. The number of aliphatic imine (C=N–C) groups is 1. The van der Waals surface area contributed by atoms with Crippen molar-refractivity contribution in [3.8, 4) is 0 Å². The lowest BCUT2D eigenvalue weighted by molar-refractivity contribution is -0.123. The zero-order chi connectivity index (χ0) is 15.3. The van der Waals surface area contributed by atoms with Crippen LogP contribution in [0.4, 0.5) is 0 Å². The van der Waals surface area contributed by atoms with E-state index < -0.39 is 5.54 Å². The van der Waals surface area contributed by atoms with E-state index >= 15 is 0 Å². The maximum Gasteiger partial charge on any atom is 0.256 e. The molecule has 2 fully saturated rings. The van der Waals surface area contributed by atoms with Gasteiger partial charge in [-0.05, 0) is 36.3 Å². The van der Waals surface area contributed by atoms with Gasteiger partial charge in [-0.1, -0.05) is 45.0 Å². The van der Waals surface area contributed by atoms with Crippen LogP contribution in [0.3, 0.4) is 0 Å². The van der Waals surface area contributed by atoms with Crippen molar-refractivity contribution in [3.63, 3.8) is 0 Å². The molecular weight excluding hydrogens is 262 g/mol. The van der Waals surface area contributed by atoms with Gasteiger partial charge in [0.15, 0.2) is 5.96 Å². The SMILES string of the molecule is CC(C)(C)c1ccc(C2(C)NC(=NC3CC3)NC2=O)cc1. The van der Waals surface area contributed by atoms with Crippen molar-refractivity contribution < 1.29 is 4.79 Å². The van der Waals surface area contributed by atoms with Gasteiger partial charge in [-0.25, -0.2) is 4.99 Å². The number of hydrogen-bond donors (Lipinski definition) is 2. The number of amides is 1. The van der Waals surface area contributed by atoms with E-state index in [1.165, 1.54) is 5.56 Å². The highest BCUT2D eigenvalue weighted by atomic mass is 16.2. The van der Waals surface area contributed by atoms with Gasteiger partial charge < -0.3 is 5.32 Å². The first-order valence-corrected chi connectivity index (χ1v) is 7.57. The summed E-state index contributed by atoms with van der Waals surface area (Å²) in [5.74, 6) is 0.579. The second kappa shape index (κ2) is 4.58.